The van der Waals surface area contributed by atoms with Gasteiger partial charge in [0.1, 0.15) is 5.75 Å². The molecule has 3 nitrogen and oxygen atoms in total. The van der Waals surface area contributed by atoms with Crippen molar-refractivity contribution in [3.05, 3.63) is 40.7 Å². The van der Waals surface area contributed by atoms with Crippen LogP contribution in [0.2, 0.25) is 5.02 Å². The maximum Gasteiger partial charge on any atom is 0.116 e. The molecular formula is C12H13ClN2OS. The molecule has 0 unspecified atom stereocenters. The lowest BCUT2D eigenvalue weighted by atomic mass is 10.2. The van der Waals surface area contributed by atoms with Crippen molar-refractivity contribution in [1.29, 1.82) is 0 Å². The number of halogens is 1. The molecule has 0 bridgehead atoms. The highest BCUT2D eigenvalue weighted by Gasteiger charge is 2.06. The largest absolute Gasteiger partial charge is 0.508 e. The molecule has 1 aromatic carbocycles. The monoisotopic (exact) mass is 268 g/mol. The fourth-order valence-corrected chi connectivity index (χ4v) is 2.88. The minimum absolute atomic E-state index is 0.291. The van der Waals surface area contributed by atoms with Crippen molar-refractivity contribution in [2.24, 2.45) is 7.05 Å². The van der Waals surface area contributed by atoms with Crippen LogP contribution in [0.3, 0.4) is 0 Å². The number of nitrogens with zero attached hydrogens (tertiary/aromatic N) is 2. The Hall–Kier alpha value is -1.13. The molecule has 0 aliphatic heterocycles. The Bertz CT molecular complexity index is 519. The van der Waals surface area contributed by atoms with Crippen LogP contribution >= 0.6 is 23.4 Å². The molecular weight excluding hydrogens is 256 g/mol. The molecule has 0 fully saturated rings. The van der Waals surface area contributed by atoms with Gasteiger partial charge in [0.2, 0.25) is 0 Å². The number of rotatable bonds is 3. The first-order valence-corrected chi connectivity index (χ1v) is 6.52. The molecule has 90 valence electrons. The maximum atomic E-state index is 9.49. The SMILES string of the molecule is Cc1cc(O)cc(SCc2nn(C)cc2Cl)c1. The molecule has 0 aliphatic rings. The minimum Gasteiger partial charge on any atom is -0.508 e. The van der Waals surface area contributed by atoms with Gasteiger partial charge in [0.25, 0.3) is 0 Å². The third kappa shape index (κ3) is 3.17. The van der Waals surface area contributed by atoms with E-state index in [1.54, 1.807) is 34.8 Å². The van der Waals surface area contributed by atoms with Gasteiger partial charge < -0.3 is 5.11 Å². The number of aryl methyl sites for hydroxylation is 2. The van der Waals surface area contributed by atoms with E-state index in [0.29, 0.717) is 16.5 Å². The number of aromatic nitrogens is 2. The van der Waals surface area contributed by atoms with Crippen molar-refractivity contribution in [1.82, 2.24) is 9.78 Å². The maximum absolute atomic E-state index is 9.49. The summed E-state index contributed by atoms with van der Waals surface area (Å²) in [7, 11) is 1.85. The van der Waals surface area contributed by atoms with Gasteiger partial charge in [-0.2, -0.15) is 5.10 Å². The molecule has 1 heterocycles. The first kappa shape index (κ1) is 12.3. The van der Waals surface area contributed by atoms with Gasteiger partial charge in [-0.05, 0) is 30.7 Å². The summed E-state index contributed by atoms with van der Waals surface area (Å²) < 4.78 is 1.70. The van der Waals surface area contributed by atoms with E-state index in [4.69, 9.17) is 11.6 Å². The topological polar surface area (TPSA) is 38.1 Å². The summed E-state index contributed by atoms with van der Waals surface area (Å²) in [6.07, 6.45) is 1.78. The van der Waals surface area contributed by atoms with E-state index in [9.17, 15) is 5.11 Å². The Labute approximate surface area is 109 Å². The molecule has 2 rings (SSSR count). The highest BCUT2D eigenvalue weighted by molar-refractivity contribution is 7.98. The lowest BCUT2D eigenvalue weighted by Gasteiger charge is -2.03. The van der Waals surface area contributed by atoms with Gasteiger partial charge in [-0.3, -0.25) is 4.68 Å². The first-order chi connectivity index (χ1) is 8.04. The second-order valence-electron chi connectivity index (χ2n) is 3.89. The normalized spacial score (nSPS) is 10.8. The second-order valence-corrected chi connectivity index (χ2v) is 5.35. The van der Waals surface area contributed by atoms with Crippen molar-refractivity contribution >= 4 is 23.4 Å². The molecule has 0 radical (unpaired) electrons. The molecule has 0 aliphatic carbocycles. The molecule has 0 saturated carbocycles. The van der Waals surface area contributed by atoms with Crippen LogP contribution in [-0.2, 0) is 12.8 Å². The van der Waals surface area contributed by atoms with Crippen LogP contribution in [0.15, 0.2) is 29.3 Å². The van der Waals surface area contributed by atoms with Gasteiger partial charge in [-0.25, -0.2) is 0 Å². The first-order valence-electron chi connectivity index (χ1n) is 5.16. The van der Waals surface area contributed by atoms with Crippen molar-refractivity contribution in [3.8, 4) is 5.75 Å². The Morgan fingerprint density at radius 1 is 1.41 bits per heavy atom. The van der Waals surface area contributed by atoms with Gasteiger partial charge in [0.15, 0.2) is 0 Å². The van der Waals surface area contributed by atoms with Gasteiger partial charge >= 0.3 is 0 Å². The minimum atomic E-state index is 0.291. The Morgan fingerprint density at radius 3 is 2.76 bits per heavy atom. The van der Waals surface area contributed by atoms with Crippen LogP contribution in [0.25, 0.3) is 0 Å². The molecule has 5 heteroatoms. The van der Waals surface area contributed by atoms with Crippen molar-refractivity contribution in [3.63, 3.8) is 0 Å². The standard InChI is InChI=1S/C12H13ClN2OS/c1-8-3-9(16)5-10(4-8)17-7-12-11(13)6-15(2)14-12/h3-6,16H,7H2,1-2H3. The lowest BCUT2D eigenvalue weighted by molar-refractivity contribution is 0.473. The predicted octanol–water partition coefficient (Wildman–Crippen LogP) is 3.38. The molecule has 1 N–H and O–H groups in total. The van der Waals surface area contributed by atoms with Crippen LogP contribution < -0.4 is 0 Å². The predicted molar refractivity (Wildman–Crippen MR) is 70.6 cm³/mol. The Morgan fingerprint density at radius 2 is 2.18 bits per heavy atom. The number of phenolic OH excluding ortho intramolecular Hbond substituents is 1. The summed E-state index contributed by atoms with van der Waals surface area (Å²) in [5.74, 6) is 0.988. The van der Waals surface area contributed by atoms with Crippen LogP contribution in [0.5, 0.6) is 5.75 Å². The molecule has 0 amide bonds. The van der Waals surface area contributed by atoms with Crippen LogP contribution in [0, 0.1) is 6.92 Å². The summed E-state index contributed by atoms with van der Waals surface area (Å²) in [5.41, 5.74) is 1.90. The zero-order valence-corrected chi connectivity index (χ0v) is 11.2. The lowest BCUT2D eigenvalue weighted by Crippen LogP contribution is -1.89. The fraction of sp³-hybridized carbons (Fsp3) is 0.250. The second kappa shape index (κ2) is 5.02. The average Bonchev–Trinajstić information content (AvgIpc) is 2.53. The molecule has 2 aromatic rings. The van der Waals surface area contributed by atoms with Crippen LogP contribution in [0.4, 0.5) is 0 Å². The van der Waals surface area contributed by atoms with Gasteiger partial charge in [-0.15, -0.1) is 11.8 Å². The smallest absolute Gasteiger partial charge is 0.116 e. The number of benzene rings is 1. The summed E-state index contributed by atoms with van der Waals surface area (Å²) in [4.78, 5) is 1.02. The molecule has 17 heavy (non-hydrogen) atoms. The molecule has 0 atom stereocenters. The average molecular weight is 269 g/mol. The summed E-state index contributed by atoms with van der Waals surface area (Å²) in [6, 6.07) is 5.51. The van der Waals surface area contributed by atoms with E-state index in [-0.39, 0.29) is 0 Å². The van der Waals surface area contributed by atoms with E-state index in [2.05, 4.69) is 5.10 Å². The van der Waals surface area contributed by atoms with E-state index < -0.39 is 0 Å². The fourth-order valence-electron chi connectivity index (χ4n) is 1.57. The highest BCUT2D eigenvalue weighted by Crippen LogP contribution is 2.28. The van der Waals surface area contributed by atoms with Crippen LogP contribution in [0.1, 0.15) is 11.3 Å². The number of thioether (sulfide) groups is 1. The summed E-state index contributed by atoms with van der Waals surface area (Å²) in [5, 5.41) is 14.4. The number of hydrogen-bond acceptors (Lipinski definition) is 3. The van der Waals surface area contributed by atoms with Crippen LogP contribution in [-0.4, -0.2) is 14.9 Å². The quantitative estimate of drug-likeness (QED) is 0.868. The highest BCUT2D eigenvalue weighted by atomic mass is 35.5. The van der Waals surface area contributed by atoms with Gasteiger partial charge in [-0.1, -0.05) is 11.6 Å². The zero-order chi connectivity index (χ0) is 12.4. The number of hydrogen-bond donors (Lipinski definition) is 1. The number of aromatic hydroxyl groups is 1. The van der Waals surface area contributed by atoms with Gasteiger partial charge in [0.05, 0.1) is 10.7 Å². The Kier molecular flexibility index (Phi) is 3.64. The number of phenols is 1. The van der Waals surface area contributed by atoms with Crippen molar-refractivity contribution < 1.29 is 5.11 Å². The van der Waals surface area contributed by atoms with E-state index in [0.717, 1.165) is 16.2 Å². The van der Waals surface area contributed by atoms with E-state index in [1.165, 1.54) is 0 Å². The summed E-state index contributed by atoms with van der Waals surface area (Å²) >= 11 is 7.64. The van der Waals surface area contributed by atoms with Gasteiger partial charge in [0, 0.05) is 23.9 Å². The van der Waals surface area contributed by atoms with Crippen molar-refractivity contribution in [2.45, 2.75) is 17.6 Å². The molecule has 0 spiro atoms. The van der Waals surface area contributed by atoms with E-state index in [1.807, 2.05) is 20.0 Å². The molecule has 0 saturated heterocycles. The third-order valence-corrected chi connectivity index (χ3v) is 3.57. The zero-order valence-electron chi connectivity index (χ0n) is 9.64. The third-order valence-electron chi connectivity index (χ3n) is 2.27. The van der Waals surface area contributed by atoms with Crippen molar-refractivity contribution in [2.75, 3.05) is 0 Å². The Balaban J connectivity index is 2.09. The molecule has 1 aromatic heterocycles. The van der Waals surface area contributed by atoms with E-state index >= 15 is 0 Å². The summed E-state index contributed by atoms with van der Waals surface area (Å²) in [6.45, 7) is 1.96.